The van der Waals surface area contributed by atoms with E-state index >= 15 is 0 Å². The molecule has 2 aromatic rings. The number of halogens is 1. The van der Waals surface area contributed by atoms with Crippen molar-refractivity contribution in [2.24, 2.45) is 5.73 Å². The molecular weight excluding hydrogens is 258 g/mol. The molecule has 0 saturated heterocycles. The van der Waals surface area contributed by atoms with Gasteiger partial charge in [0.2, 0.25) is 0 Å². The second kappa shape index (κ2) is 5.76. The number of benzene rings is 1. The van der Waals surface area contributed by atoms with E-state index in [1.807, 2.05) is 19.1 Å². The highest BCUT2D eigenvalue weighted by molar-refractivity contribution is 6.35. The van der Waals surface area contributed by atoms with Crippen LogP contribution in [0.1, 0.15) is 17.7 Å². The van der Waals surface area contributed by atoms with E-state index in [-0.39, 0.29) is 0 Å². The highest BCUT2D eigenvalue weighted by Crippen LogP contribution is 2.34. The van der Waals surface area contributed by atoms with E-state index in [0.29, 0.717) is 11.6 Å². The summed E-state index contributed by atoms with van der Waals surface area (Å²) in [5, 5.41) is 1.81. The summed E-state index contributed by atoms with van der Waals surface area (Å²) in [4.78, 5) is 6.81. The van der Waals surface area contributed by atoms with Crippen LogP contribution in [0.15, 0.2) is 18.2 Å². The Morgan fingerprint density at radius 3 is 2.68 bits per heavy atom. The third-order valence-electron chi connectivity index (χ3n) is 3.32. The van der Waals surface area contributed by atoms with Crippen LogP contribution in [0.5, 0.6) is 0 Å². The fourth-order valence-corrected chi connectivity index (χ4v) is 2.69. The minimum atomic E-state index is 0.694. The van der Waals surface area contributed by atoms with E-state index in [1.54, 1.807) is 0 Å². The summed E-state index contributed by atoms with van der Waals surface area (Å²) in [7, 11) is 4.11. The normalized spacial score (nSPS) is 11.0. The van der Waals surface area contributed by atoms with Gasteiger partial charge in [0.05, 0.1) is 16.2 Å². The number of para-hydroxylation sites is 1. The maximum atomic E-state index is 6.26. The fraction of sp³-hybridized carbons (Fsp3) is 0.400. The molecular formula is C15H20ClN3. The van der Waals surface area contributed by atoms with Crippen LogP contribution < -0.4 is 10.6 Å². The molecule has 0 aliphatic rings. The summed E-state index contributed by atoms with van der Waals surface area (Å²) in [6.45, 7) is 2.74. The second-order valence-corrected chi connectivity index (χ2v) is 5.35. The lowest BCUT2D eigenvalue weighted by Crippen LogP contribution is -2.15. The molecule has 0 atom stereocenters. The van der Waals surface area contributed by atoms with Crippen LogP contribution in [0.4, 0.5) is 5.69 Å². The van der Waals surface area contributed by atoms with Crippen molar-refractivity contribution >= 4 is 28.2 Å². The van der Waals surface area contributed by atoms with Gasteiger partial charge in [-0.3, -0.25) is 4.98 Å². The number of nitrogens with two attached hydrogens (primary N) is 1. The van der Waals surface area contributed by atoms with Crippen molar-refractivity contribution < 1.29 is 0 Å². The van der Waals surface area contributed by atoms with E-state index in [1.165, 1.54) is 11.3 Å². The molecule has 1 aromatic carbocycles. The Balaban J connectivity index is 2.74. The molecule has 3 nitrogen and oxygen atoms in total. The molecule has 2 rings (SSSR count). The van der Waals surface area contributed by atoms with E-state index in [0.717, 1.165) is 29.4 Å². The number of fused-ring (bicyclic) bond motifs is 1. The van der Waals surface area contributed by atoms with Crippen molar-refractivity contribution in [3.8, 4) is 0 Å². The van der Waals surface area contributed by atoms with E-state index in [4.69, 9.17) is 17.3 Å². The van der Waals surface area contributed by atoms with Gasteiger partial charge in [-0.15, -0.1) is 0 Å². The van der Waals surface area contributed by atoms with Crippen molar-refractivity contribution in [3.63, 3.8) is 0 Å². The first-order valence-corrected chi connectivity index (χ1v) is 6.89. The third-order valence-corrected chi connectivity index (χ3v) is 3.63. The summed E-state index contributed by atoms with van der Waals surface area (Å²) in [5.41, 5.74) is 10.0. The molecule has 1 heterocycles. The Hall–Kier alpha value is -1.32. The summed E-state index contributed by atoms with van der Waals surface area (Å²) in [6, 6.07) is 5.94. The van der Waals surface area contributed by atoms with Crippen molar-refractivity contribution in [3.05, 3.63) is 34.5 Å². The van der Waals surface area contributed by atoms with Gasteiger partial charge in [-0.2, -0.15) is 0 Å². The lowest BCUT2D eigenvalue weighted by molar-refractivity contribution is 0.820. The number of aryl methyl sites for hydroxylation is 1. The molecule has 0 unspecified atom stereocenters. The van der Waals surface area contributed by atoms with Crippen molar-refractivity contribution in [1.82, 2.24) is 4.98 Å². The Bertz CT molecular complexity index is 593. The molecule has 2 N–H and O–H groups in total. The van der Waals surface area contributed by atoms with Crippen LogP contribution in [0.3, 0.4) is 0 Å². The van der Waals surface area contributed by atoms with Gasteiger partial charge in [-0.05, 0) is 37.9 Å². The van der Waals surface area contributed by atoms with Crippen LogP contribution in [0.25, 0.3) is 10.9 Å². The fourth-order valence-electron chi connectivity index (χ4n) is 2.48. The topological polar surface area (TPSA) is 42.2 Å². The van der Waals surface area contributed by atoms with Crippen LogP contribution >= 0.6 is 11.6 Å². The molecule has 1 aromatic heterocycles. The first-order chi connectivity index (χ1) is 9.06. The van der Waals surface area contributed by atoms with E-state index in [2.05, 4.69) is 30.0 Å². The van der Waals surface area contributed by atoms with Gasteiger partial charge in [0.1, 0.15) is 0 Å². The standard InChI is InChI=1S/C15H20ClN3/c1-10-11(7-5-9-17)15(19(2)3)12-6-4-8-13(16)14(12)18-10/h4,6,8H,5,7,9,17H2,1-3H3. The van der Waals surface area contributed by atoms with E-state index < -0.39 is 0 Å². The van der Waals surface area contributed by atoms with Gasteiger partial charge < -0.3 is 10.6 Å². The molecule has 19 heavy (non-hydrogen) atoms. The highest BCUT2D eigenvalue weighted by atomic mass is 35.5. The molecule has 0 aliphatic carbocycles. The van der Waals surface area contributed by atoms with Gasteiger partial charge >= 0.3 is 0 Å². The van der Waals surface area contributed by atoms with E-state index in [9.17, 15) is 0 Å². The zero-order valence-electron chi connectivity index (χ0n) is 11.7. The minimum absolute atomic E-state index is 0.694. The molecule has 4 heteroatoms. The predicted octanol–water partition coefficient (Wildman–Crippen LogP) is 3.15. The average molecular weight is 278 g/mol. The molecule has 0 bridgehead atoms. The lowest BCUT2D eigenvalue weighted by atomic mass is 10.0. The minimum Gasteiger partial charge on any atom is -0.377 e. The number of nitrogens with zero attached hydrogens (tertiary/aromatic N) is 2. The van der Waals surface area contributed by atoms with Crippen molar-refractivity contribution in [2.45, 2.75) is 19.8 Å². The molecule has 0 saturated carbocycles. The Labute approximate surface area is 119 Å². The number of pyridine rings is 1. The van der Waals surface area contributed by atoms with Crippen molar-refractivity contribution in [1.29, 1.82) is 0 Å². The molecule has 0 fully saturated rings. The van der Waals surface area contributed by atoms with Crippen LogP contribution in [-0.4, -0.2) is 25.6 Å². The number of hydrogen-bond acceptors (Lipinski definition) is 3. The predicted molar refractivity (Wildman–Crippen MR) is 83.2 cm³/mol. The average Bonchev–Trinajstić information content (AvgIpc) is 2.36. The van der Waals surface area contributed by atoms with Crippen molar-refractivity contribution in [2.75, 3.05) is 25.5 Å². The third kappa shape index (κ3) is 2.67. The maximum Gasteiger partial charge on any atom is 0.0912 e. The van der Waals surface area contributed by atoms with Gasteiger partial charge in [-0.25, -0.2) is 0 Å². The zero-order chi connectivity index (χ0) is 14.0. The van der Waals surface area contributed by atoms with Gasteiger partial charge in [-0.1, -0.05) is 23.7 Å². The molecule has 0 spiro atoms. The summed E-state index contributed by atoms with van der Waals surface area (Å²) < 4.78 is 0. The molecule has 0 aliphatic heterocycles. The monoisotopic (exact) mass is 277 g/mol. The Morgan fingerprint density at radius 1 is 1.32 bits per heavy atom. The summed E-state index contributed by atoms with van der Waals surface area (Å²) >= 11 is 6.26. The number of hydrogen-bond donors (Lipinski definition) is 1. The highest BCUT2D eigenvalue weighted by Gasteiger charge is 2.15. The zero-order valence-corrected chi connectivity index (χ0v) is 12.5. The first-order valence-electron chi connectivity index (χ1n) is 6.51. The maximum absolute atomic E-state index is 6.26. The van der Waals surface area contributed by atoms with Crippen LogP contribution in [0, 0.1) is 6.92 Å². The second-order valence-electron chi connectivity index (χ2n) is 4.95. The lowest BCUT2D eigenvalue weighted by Gasteiger charge is -2.22. The largest absolute Gasteiger partial charge is 0.377 e. The van der Waals surface area contributed by atoms with Gasteiger partial charge in [0.15, 0.2) is 0 Å². The summed E-state index contributed by atoms with van der Waals surface area (Å²) in [6.07, 6.45) is 1.92. The summed E-state index contributed by atoms with van der Waals surface area (Å²) in [5.74, 6) is 0. The Morgan fingerprint density at radius 2 is 2.05 bits per heavy atom. The number of rotatable bonds is 4. The molecule has 0 amide bonds. The first kappa shape index (κ1) is 14.1. The SMILES string of the molecule is Cc1nc2c(Cl)cccc2c(N(C)C)c1CCCN. The van der Waals surface area contributed by atoms with Crippen LogP contribution in [-0.2, 0) is 6.42 Å². The number of anilines is 1. The number of aromatic nitrogens is 1. The quantitative estimate of drug-likeness (QED) is 0.933. The Kier molecular flexibility index (Phi) is 4.27. The van der Waals surface area contributed by atoms with Gasteiger partial charge in [0, 0.05) is 25.2 Å². The van der Waals surface area contributed by atoms with Crippen LogP contribution in [0.2, 0.25) is 5.02 Å². The van der Waals surface area contributed by atoms with Gasteiger partial charge in [0.25, 0.3) is 0 Å². The smallest absolute Gasteiger partial charge is 0.0912 e. The molecule has 0 radical (unpaired) electrons. The molecule has 102 valence electrons.